The molecule has 3 aromatic rings. The fourth-order valence-electron chi connectivity index (χ4n) is 2.12. The van der Waals surface area contributed by atoms with Gasteiger partial charge in [0.05, 0.1) is 5.02 Å². The minimum atomic E-state index is 0.555. The van der Waals surface area contributed by atoms with Crippen molar-refractivity contribution in [3.8, 4) is 11.4 Å². The maximum atomic E-state index is 6.25. The first-order chi connectivity index (χ1) is 11.0. The van der Waals surface area contributed by atoms with E-state index in [0.29, 0.717) is 15.9 Å². The van der Waals surface area contributed by atoms with Crippen LogP contribution in [0.1, 0.15) is 5.56 Å². The molecule has 0 aliphatic rings. The zero-order chi connectivity index (χ0) is 16.4. The lowest BCUT2D eigenvalue weighted by Crippen LogP contribution is -1.95. The summed E-state index contributed by atoms with van der Waals surface area (Å²) in [6, 6.07) is 13.1. The van der Waals surface area contributed by atoms with E-state index < -0.39 is 0 Å². The average molecular weight is 385 g/mol. The van der Waals surface area contributed by atoms with Crippen molar-refractivity contribution in [2.45, 2.75) is 10.9 Å². The molecule has 1 heterocycles. The van der Waals surface area contributed by atoms with Gasteiger partial charge in [0, 0.05) is 28.4 Å². The Bertz CT molecular complexity index is 848. The van der Waals surface area contributed by atoms with Crippen LogP contribution >= 0.6 is 46.6 Å². The van der Waals surface area contributed by atoms with Gasteiger partial charge in [-0.3, -0.25) is 0 Å². The Morgan fingerprint density at radius 2 is 1.78 bits per heavy atom. The van der Waals surface area contributed by atoms with Gasteiger partial charge in [-0.1, -0.05) is 58.7 Å². The van der Waals surface area contributed by atoms with E-state index in [9.17, 15) is 0 Å². The third kappa shape index (κ3) is 3.83. The Balaban J connectivity index is 1.82. The highest BCUT2D eigenvalue weighted by atomic mass is 35.5. The summed E-state index contributed by atoms with van der Waals surface area (Å²) < 4.78 is 1.92. The number of rotatable bonds is 4. The lowest BCUT2D eigenvalue weighted by atomic mass is 10.2. The van der Waals surface area contributed by atoms with Crippen LogP contribution in [0.2, 0.25) is 15.1 Å². The largest absolute Gasteiger partial charge is 0.305 e. The van der Waals surface area contributed by atoms with Crippen LogP contribution in [0.4, 0.5) is 0 Å². The van der Waals surface area contributed by atoms with E-state index >= 15 is 0 Å². The van der Waals surface area contributed by atoms with Gasteiger partial charge in [0.25, 0.3) is 0 Å². The van der Waals surface area contributed by atoms with E-state index in [1.165, 1.54) is 0 Å². The Morgan fingerprint density at radius 1 is 1.00 bits per heavy atom. The zero-order valence-corrected chi connectivity index (χ0v) is 15.2. The molecule has 7 heteroatoms. The first-order valence-corrected chi connectivity index (χ1v) is 8.88. The molecule has 0 unspecified atom stereocenters. The molecule has 0 aliphatic heterocycles. The lowest BCUT2D eigenvalue weighted by molar-refractivity contribution is 0.794. The smallest absolute Gasteiger partial charge is 0.191 e. The second-order valence-corrected chi connectivity index (χ2v) is 7.13. The van der Waals surface area contributed by atoms with Gasteiger partial charge in [-0.25, -0.2) is 0 Å². The number of hydrogen-bond acceptors (Lipinski definition) is 3. The number of nitrogens with zero attached hydrogens (tertiary/aromatic N) is 3. The summed E-state index contributed by atoms with van der Waals surface area (Å²) in [5.41, 5.74) is 1.94. The molecule has 23 heavy (non-hydrogen) atoms. The Hall–Kier alpha value is -1.20. The van der Waals surface area contributed by atoms with Crippen LogP contribution in [0.25, 0.3) is 11.4 Å². The number of aromatic nitrogens is 3. The monoisotopic (exact) mass is 383 g/mol. The van der Waals surface area contributed by atoms with Crippen LogP contribution in [0.5, 0.6) is 0 Å². The predicted octanol–water partition coefficient (Wildman–Crippen LogP) is 5.73. The van der Waals surface area contributed by atoms with Crippen molar-refractivity contribution in [3.05, 3.63) is 63.1 Å². The van der Waals surface area contributed by atoms with Gasteiger partial charge in [0.1, 0.15) is 0 Å². The Labute approximate surface area is 153 Å². The molecule has 0 spiro atoms. The second-order valence-electron chi connectivity index (χ2n) is 4.91. The predicted molar refractivity (Wildman–Crippen MR) is 97.5 cm³/mol. The van der Waals surface area contributed by atoms with Gasteiger partial charge in [-0.2, -0.15) is 0 Å². The molecule has 2 aromatic carbocycles. The van der Waals surface area contributed by atoms with E-state index in [1.54, 1.807) is 23.9 Å². The Morgan fingerprint density at radius 3 is 2.52 bits per heavy atom. The average Bonchev–Trinajstić information content (AvgIpc) is 2.86. The second kappa shape index (κ2) is 7.14. The van der Waals surface area contributed by atoms with Crippen molar-refractivity contribution in [2.24, 2.45) is 7.05 Å². The molecular weight excluding hydrogens is 373 g/mol. The number of hydrogen-bond donors (Lipinski definition) is 0. The Kier molecular flexibility index (Phi) is 5.17. The summed E-state index contributed by atoms with van der Waals surface area (Å²) in [5.74, 6) is 1.47. The molecule has 0 fully saturated rings. The number of thioether (sulfide) groups is 1. The summed E-state index contributed by atoms with van der Waals surface area (Å²) in [6.07, 6.45) is 0. The highest BCUT2D eigenvalue weighted by Crippen LogP contribution is 2.31. The van der Waals surface area contributed by atoms with E-state index in [1.807, 2.05) is 41.9 Å². The van der Waals surface area contributed by atoms with Crippen LogP contribution < -0.4 is 0 Å². The molecule has 118 valence electrons. The van der Waals surface area contributed by atoms with E-state index in [4.69, 9.17) is 34.8 Å². The van der Waals surface area contributed by atoms with Crippen molar-refractivity contribution in [1.82, 2.24) is 14.8 Å². The van der Waals surface area contributed by atoms with E-state index in [2.05, 4.69) is 10.2 Å². The minimum Gasteiger partial charge on any atom is -0.305 e. The molecule has 0 saturated carbocycles. The summed E-state index contributed by atoms with van der Waals surface area (Å²) in [4.78, 5) is 0. The fraction of sp³-hybridized carbons (Fsp3) is 0.125. The quantitative estimate of drug-likeness (QED) is 0.538. The summed E-state index contributed by atoms with van der Waals surface area (Å²) in [7, 11) is 1.92. The highest BCUT2D eigenvalue weighted by molar-refractivity contribution is 7.98. The summed E-state index contributed by atoms with van der Waals surface area (Å²) in [6.45, 7) is 0. The van der Waals surface area contributed by atoms with Gasteiger partial charge < -0.3 is 4.57 Å². The normalized spacial score (nSPS) is 11.0. The maximum absolute atomic E-state index is 6.25. The fourth-order valence-corrected chi connectivity index (χ4v) is 3.68. The molecule has 0 amide bonds. The van der Waals surface area contributed by atoms with E-state index in [0.717, 1.165) is 27.1 Å². The topological polar surface area (TPSA) is 30.7 Å². The van der Waals surface area contributed by atoms with Gasteiger partial charge in [0.15, 0.2) is 11.0 Å². The standard InChI is InChI=1S/C16H12Cl3N3S/c1-22-15(13-6-5-12(18)8-14(13)19)20-21-16(22)23-9-10-3-2-4-11(17)7-10/h2-8H,9H2,1H3. The van der Waals surface area contributed by atoms with Crippen LogP contribution in [0.3, 0.4) is 0 Å². The SMILES string of the molecule is Cn1c(SCc2cccc(Cl)c2)nnc1-c1ccc(Cl)cc1Cl. The molecule has 0 N–H and O–H groups in total. The first kappa shape index (κ1) is 16.7. The van der Waals surface area contributed by atoms with Crippen LogP contribution in [0, 0.1) is 0 Å². The van der Waals surface area contributed by atoms with Crippen molar-refractivity contribution < 1.29 is 0 Å². The van der Waals surface area contributed by atoms with Crippen molar-refractivity contribution in [1.29, 1.82) is 0 Å². The number of halogens is 3. The molecular formula is C16H12Cl3N3S. The van der Waals surface area contributed by atoms with Crippen molar-refractivity contribution >= 4 is 46.6 Å². The minimum absolute atomic E-state index is 0.555. The molecule has 3 rings (SSSR count). The van der Waals surface area contributed by atoms with Crippen LogP contribution in [0.15, 0.2) is 47.6 Å². The van der Waals surface area contributed by atoms with Gasteiger partial charge in [-0.15, -0.1) is 10.2 Å². The molecule has 0 bridgehead atoms. The molecule has 0 atom stereocenters. The van der Waals surface area contributed by atoms with Gasteiger partial charge in [0.2, 0.25) is 0 Å². The number of benzene rings is 2. The van der Waals surface area contributed by atoms with Gasteiger partial charge in [-0.05, 0) is 35.9 Å². The lowest BCUT2D eigenvalue weighted by Gasteiger charge is -2.06. The van der Waals surface area contributed by atoms with Crippen molar-refractivity contribution in [3.63, 3.8) is 0 Å². The van der Waals surface area contributed by atoms with E-state index in [-0.39, 0.29) is 0 Å². The first-order valence-electron chi connectivity index (χ1n) is 6.76. The molecule has 0 aliphatic carbocycles. The van der Waals surface area contributed by atoms with Gasteiger partial charge >= 0.3 is 0 Å². The third-order valence-corrected chi connectivity index (χ3v) is 5.14. The molecule has 3 nitrogen and oxygen atoms in total. The molecule has 0 radical (unpaired) electrons. The summed E-state index contributed by atoms with van der Waals surface area (Å²) >= 11 is 19.8. The maximum Gasteiger partial charge on any atom is 0.191 e. The zero-order valence-electron chi connectivity index (χ0n) is 12.1. The van der Waals surface area contributed by atoms with Crippen LogP contribution in [-0.4, -0.2) is 14.8 Å². The van der Waals surface area contributed by atoms with Crippen LogP contribution in [-0.2, 0) is 12.8 Å². The summed E-state index contributed by atoms with van der Waals surface area (Å²) in [5, 5.41) is 11.2. The molecule has 1 aromatic heterocycles. The highest BCUT2D eigenvalue weighted by Gasteiger charge is 2.14. The molecule has 0 saturated heterocycles. The third-order valence-electron chi connectivity index (χ3n) is 3.26. The van der Waals surface area contributed by atoms with Crippen molar-refractivity contribution in [2.75, 3.05) is 0 Å².